The first-order chi connectivity index (χ1) is 25.5. The molecule has 0 atom stereocenters. The van der Waals surface area contributed by atoms with Crippen LogP contribution in [0.25, 0.3) is 54.9 Å². The fourth-order valence-corrected chi connectivity index (χ4v) is 7.40. The third kappa shape index (κ3) is 7.00. The molecule has 0 N–H and O–H groups in total. The predicted molar refractivity (Wildman–Crippen MR) is 230 cm³/mol. The van der Waals surface area contributed by atoms with Gasteiger partial charge in [0, 0.05) is 17.1 Å². The zero-order valence-corrected chi connectivity index (χ0v) is 31.7. The van der Waals surface area contributed by atoms with Gasteiger partial charge in [-0.1, -0.05) is 175 Å². The Hall–Kier alpha value is -5.92. The highest BCUT2D eigenvalue weighted by atomic mass is 15.1. The minimum atomic E-state index is 0.129. The summed E-state index contributed by atoms with van der Waals surface area (Å²) in [6.45, 7) is 13.6. The average Bonchev–Trinajstić information content (AvgIpc) is 3.18. The molecular weight excluding hydrogens is 639 g/mol. The van der Waals surface area contributed by atoms with Crippen molar-refractivity contribution in [2.24, 2.45) is 0 Å². The summed E-state index contributed by atoms with van der Waals surface area (Å²) in [6.07, 6.45) is 0. The van der Waals surface area contributed by atoms with Crippen molar-refractivity contribution >= 4 is 38.6 Å². The number of benzene rings is 8. The van der Waals surface area contributed by atoms with Crippen LogP contribution < -0.4 is 4.90 Å². The van der Waals surface area contributed by atoms with Crippen LogP contribution in [0.1, 0.15) is 52.7 Å². The molecule has 8 rings (SSSR count). The molecule has 0 aliphatic carbocycles. The van der Waals surface area contributed by atoms with Crippen molar-refractivity contribution in [2.75, 3.05) is 4.90 Å². The van der Waals surface area contributed by atoms with E-state index in [4.69, 9.17) is 0 Å². The Balaban J connectivity index is 1.17. The van der Waals surface area contributed by atoms with E-state index in [2.05, 4.69) is 222 Å². The second kappa shape index (κ2) is 13.6. The van der Waals surface area contributed by atoms with Gasteiger partial charge in [0.25, 0.3) is 0 Å². The quantitative estimate of drug-likeness (QED) is 0.158. The summed E-state index contributed by atoms with van der Waals surface area (Å²) in [5, 5.41) is 5.09. The smallest absolute Gasteiger partial charge is 0.0467 e. The van der Waals surface area contributed by atoms with Gasteiger partial charge in [0.05, 0.1) is 0 Å². The Labute approximate surface area is 315 Å². The van der Waals surface area contributed by atoms with Crippen molar-refractivity contribution in [1.82, 2.24) is 0 Å². The molecule has 0 fully saturated rings. The Bertz CT molecular complexity index is 2420. The van der Waals surface area contributed by atoms with Crippen LogP contribution in [-0.4, -0.2) is 0 Å². The topological polar surface area (TPSA) is 3.24 Å². The molecule has 0 heterocycles. The molecule has 0 amide bonds. The van der Waals surface area contributed by atoms with Gasteiger partial charge in [0.15, 0.2) is 0 Å². The Kier molecular flexibility index (Phi) is 8.75. The standard InChI is InChI=1S/C52H47N/c1-51(2,3)44-25-16-36(17-26-44)38-20-29-46(30-21-38)53(47-31-22-39(23-32-47)37-18-27-45(28-19-37)52(4,5)6)48-12-9-11-41(35-48)42-24-33-50-43(34-42)15-14-40-10-7-8-13-49(40)50/h7-35H,1-6H3. The van der Waals surface area contributed by atoms with Gasteiger partial charge in [-0.05, 0) is 119 Å². The lowest BCUT2D eigenvalue weighted by Crippen LogP contribution is -2.10. The van der Waals surface area contributed by atoms with Crippen molar-refractivity contribution < 1.29 is 0 Å². The lowest BCUT2D eigenvalue weighted by Gasteiger charge is -2.26. The monoisotopic (exact) mass is 685 g/mol. The van der Waals surface area contributed by atoms with Gasteiger partial charge >= 0.3 is 0 Å². The molecule has 260 valence electrons. The molecule has 0 bridgehead atoms. The number of hydrogen-bond acceptors (Lipinski definition) is 1. The van der Waals surface area contributed by atoms with Crippen LogP contribution in [0, 0.1) is 0 Å². The van der Waals surface area contributed by atoms with Gasteiger partial charge < -0.3 is 4.90 Å². The van der Waals surface area contributed by atoms with E-state index in [1.807, 2.05) is 0 Å². The minimum absolute atomic E-state index is 0.129. The van der Waals surface area contributed by atoms with E-state index in [1.54, 1.807) is 0 Å². The van der Waals surface area contributed by atoms with E-state index in [0.29, 0.717) is 0 Å². The minimum Gasteiger partial charge on any atom is -0.310 e. The van der Waals surface area contributed by atoms with Crippen molar-refractivity contribution in [3.63, 3.8) is 0 Å². The van der Waals surface area contributed by atoms with E-state index in [9.17, 15) is 0 Å². The van der Waals surface area contributed by atoms with Crippen molar-refractivity contribution in [3.8, 4) is 33.4 Å². The maximum Gasteiger partial charge on any atom is 0.0467 e. The molecule has 0 spiro atoms. The summed E-state index contributed by atoms with van der Waals surface area (Å²) in [5.41, 5.74) is 13.6. The number of rotatable bonds is 6. The highest BCUT2D eigenvalue weighted by Crippen LogP contribution is 2.39. The van der Waals surface area contributed by atoms with Crippen LogP contribution in [-0.2, 0) is 10.8 Å². The van der Waals surface area contributed by atoms with Crippen LogP contribution in [0.3, 0.4) is 0 Å². The van der Waals surface area contributed by atoms with E-state index >= 15 is 0 Å². The van der Waals surface area contributed by atoms with Crippen molar-refractivity contribution in [3.05, 3.63) is 187 Å². The van der Waals surface area contributed by atoms with Gasteiger partial charge in [0.2, 0.25) is 0 Å². The SMILES string of the molecule is CC(C)(C)c1ccc(-c2ccc(N(c3ccc(-c4ccc(C(C)(C)C)cc4)cc3)c3cccc(-c4ccc5c(ccc6ccccc65)c4)c3)cc2)cc1. The number of nitrogens with zero attached hydrogens (tertiary/aromatic N) is 1. The zero-order valence-electron chi connectivity index (χ0n) is 31.7. The fraction of sp³-hybridized carbons (Fsp3) is 0.154. The largest absolute Gasteiger partial charge is 0.310 e. The second-order valence-corrected chi connectivity index (χ2v) is 16.4. The van der Waals surface area contributed by atoms with Crippen molar-refractivity contribution in [2.45, 2.75) is 52.4 Å². The predicted octanol–water partition coefficient (Wildman–Crippen LogP) is 15.1. The molecule has 0 saturated heterocycles. The van der Waals surface area contributed by atoms with E-state index in [0.717, 1.165) is 17.1 Å². The molecule has 1 nitrogen and oxygen atoms in total. The van der Waals surface area contributed by atoms with Crippen LogP contribution >= 0.6 is 0 Å². The first-order valence-electron chi connectivity index (χ1n) is 18.8. The number of anilines is 3. The molecule has 0 radical (unpaired) electrons. The third-order valence-corrected chi connectivity index (χ3v) is 10.6. The van der Waals surface area contributed by atoms with Gasteiger partial charge in [-0.15, -0.1) is 0 Å². The lowest BCUT2D eigenvalue weighted by atomic mass is 9.86. The van der Waals surface area contributed by atoms with Gasteiger partial charge in [-0.3, -0.25) is 0 Å². The van der Waals surface area contributed by atoms with E-state index in [-0.39, 0.29) is 10.8 Å². The lowest BCUT2D eigenvalue weighted by molar-refractivity contribution is 0.590. The Morgan fingerprint density at radius 1 is 0.302 bits per heavy atom. The van der Waals surface area contributed by atoms with Crippen LogP contribution in [0.2, 0.25) is 0 Å². The maximum absolute atomic E-state index is 2.37. The molecule has 53 heavy (non-hydrogen) atoms. The van der Waals surface area contributed by atoms with Gasteiger partial charge in [-0.25, -0.2) is 0 Å². The maximum atomic E-state index is 2.37. The normalized spacial score (nSPS) is 12.0. The number of hydrogen-bond donors (Lipinski definition) is 0. The molecule has 0 aliphatic rings. The summed E-state index contributed by atoms with van der Waals surface area (Å²) in [5.74, 6) is 0. The highest BCUT2D eigenvalue weighted by Gasteiger charge is 2.17. The first kappa shape index (κ1) is 34.2. The molecule has 0 aromatic heterocycles. The van der Waals surface area contributed by atoms with Crippen LogP contribution in [0.4, 0.5) is 17.1 Å². The second-order valence-electron chi connectivity index (χ2n) is 16.4. The molecule has 0 unspecified atom stereocenters. The Morgan fingerprint density at radius 3 is 1.26 bits per heavy atom. The van der Waals surface area contributed by atoms with Crippen molar-refractivity contribution in [1.29, 1.82) is 0 Å². The first-order valence-corrected chi connectivity index (χ1v) is 18.8. The fourth-order valence-electron chi connectivity index (χ4n) is 7.40. The summed E-state index contributed by atoms with van der Waals surface area (Å²) >= 11 is 0. The third-order valence-electron chi connectivity index (χ3n) is 10.6. The summed E-state index contributed by atoms with van der Waals surface area (Å²) in [4.78, 5) is 2.37. The molecule has 8 aromatic carbocycles. The zero-order chi connectivity index (χ0) is 36.7. The molecular formula is C52H47N. The average molecular weight is 686 g/mol. The van der Waals surface area contributed by atoms with Crippen LogP contribution in [0.5, 0.6) is 0 Å². The molecule has 0 aliphatic heterocycles. The van der Waals surface area contributed by atoms with Crippen LogP contribution in [0.15, 0.2) is 176 Å². The number of fused-ring (bicyclic) bond motifs is 3. The van der Waals surface area contributed by atoms with Gasteiger partial charge in [-0.2, -0.15) is 0 Å². The van der Waals surface area contributed by atoms with E-state index in [1.165, 1.54) is 66.1 Å². The van der Waals surface area contributed by atoms with Gasteiger partial charge in [0.1, 0.15) is 0 Å². The van der Waals surface area contributed by atoms with E-state index < -0.39 is 0 Å². The molecule has 1 heteroatoms. The Morgan fingerprint density at radius 2 is 0.736 bits per heavy atom. The molecule has 8 aromatic rings. The molecule has 0 saturated carbocycles. The highest BCUT2D eigenvalue weighted by molar-refractivity contribution is 6.08. The summed E-state index contributed by atoms with van der Waals surface area (Å²) < 4.78 is 0. The summed E-state index contributed by atoms with van der Waals surface area (Å²) in [7, 11) is 0. The summed E-state index contributed by atoms with van der Waals surface area (Å²) in [6, 6.07) is 64.9.